The van der Waals surface area contributed by atoms with E-state index >= 15 is 0 Å². The summed E-state index contributed by atoms with van der Waals surface area (Å²) >= 11 is 6.03. The fourth-order valence-electron chi connectivity index (χ4n) is 2.95. The van der Waals surface area contributed by atoms with Gasteiger partial charge in [-0.05, 0) is 49.2 Å². The van der Waals surface area contributed by atoms with Crippen molar-refractivity contribution in [3.05, 3.63) is 58.1 Å². The molecule has 0 radical (unpaired) electrons. The third-order valence-electron chi connectivity index (χ3n) is 4.94. The van der Waals surface area contributed by atoms with E-state index in [9.17, 15) is 22.8 Å². The Bertz CT molecular complexity index is 1160. The Balaban J connectivity index is 2.03. The van der Waals surface area contributed by atoms with Gasteiger partial charge in [-0.15, -0.1) is 0 Å². The number of carbonyl (C=O) groups is 3. The van der Waals surface area contributed by atoms with Gasteiger partial charge in [0.2, 0.25) is 10.0 Å². The van der Waals surface area contributed by atoms with Crippen molar-refractivity contribution in [1.29, 1.82) is 0 Å². The second kappa shape index (κ2) is 11.3. The van der Waals surface area contributed by atoms with Crippen molar-refractivity contribution in [1.82, 2.24) is 9.62 Å². The van der Waals surface area contributed by atoms with Gasteiger partial charge in [-0.3, -0.25) is 10.1 Å². The zero-order valence-electron chi connectivity index (χ0n) is 18.8. The normalized spacial score (nSPS) is 11.2. The predicted molar refractivity (Wildman–Crippen MR) is 125 cm³/mol. The Morgan fingerprint density at radius 2 is 1.73 bits per heavy atom. The molecule has 178 valence electrons. The summed E-state index contributed by atoms with van der Waals surface area (Å²) in [7, 11) is -3.82. The maximum absolute atomic E-state index is 12.7. The van der Waals surface area contributed by atoms with E-state index < -0.39 is 34.5 Å². The molecule has 0 aliphatic heterocycles. The number of imide groups is 1. The number of anilines is 1. The lowest BCUT2D eigenvalue weighted by Crippen LogP contribution is -2.37. The maximum atomic E-state index is 12.7. The molecule has 0 unspecified atom stereocenters. The van der Waals surface area contributed by atoms with Crippen molar-refractivity contribution in [3.8, 4) is 0 Å². The molecular formula is C22H26ClN3O6S. The minimum absolute atomic E-state index is 0.0356. The number of amides is 3. The standard InChI is InChI=1S/C22H26ClN3O6S/c1-5-26(6-2)33(30,31)16-10-11-18(23)17(12-16)21(28)32-13-20(27)25-22(29)24-19-9-7-8-14(3)15(19)4/h7-12H,5-6,13H2,1-4H3,(H2,24,25,27,29). The molecule has 0 spiro atoms. The van der Waals surface area contributed by atoms with Crippen molar-refractivity contribution in [3.63, 3.8) is 0 Å². The molecule has 0 bridgehead atoms. The molecule has 0 aromatic heterocycles. The highest BCUT2D eigenvalue weighted by atomic mass is 35.5. The van der Waals surface area contributed by atoms with Crippen molar-refractivity contribution in [2.75, 3.05) is 25.0 Å². The van der Waals surface area contributed by atoms with Crippen molar-refractivity contribution in [2.24, 2.45) is 0 Å². The number of hydrogen-bond donors (Lipinski definition) is 2. The van der Waals surface area contributed by atoms with E-state index in [1.165, 1.54) is 16.4 Å². The Kier molecular flexibility index (Phi) is 8.98. The van der Waals surface area contributed by atoms with Gasteiger partial charge in [0.15, 0.2) is 6.61 Å². The molecule has 0 atom stereocenters. The van der Waals surface area contributed by atoms with Crippen LogP contribution in [0.5, 0.6) is 0 Å². The van der Waals surface area contributed by atoms with Crippen LogP contribution < -0.4 is 10.6 Å². The number of hydrogen-bond acceptors (Lipinski definition) is 6. The molecule has 2 N–H and O–H groups in total. The highest BCUT2D eigenvalue weighted by molar-refractivity contribution is 7.89. The van der Waals surface area contributed by atoms with Crippen LogP contribution in [0.4, 0.5) is 10.5 Å². The van der Waals surface area contributed by atoms with Crippen LogP contribution in [0.3, 0.4) is 0 Å². The van der Waals surface area contributed by atoms with Gasteiger partial charge < -0.3 is 10.1 Å². The number of urea groups is 1. The molecule has 11 heteroatoms. The molecule has 0 aliphatic rings. The molecule has 33 heavy (non-hydrogen) atoms. The quantitative estimate of drug-likeness (QED) is 0.540. The van der Waals surface area contributed by atoms with Crippen LogP contribution in [-0.4, -0.2) is 50.3 Å². The van der Waals surface area contributed by atoms with Crippen LogP contribution in [0.2, 0.25) is 5.02 Å². The Hall–Kier alpha value is -2.95. The monoisotopic (exact) mass is 495 g/mol. The number of nitrogens with zero attached hydrogens (tertiary/aromatic N) is 1. The lowest BCUT2D eigenvalue weighted by molar-refractivity contribution is -0.123. The summed E-state index contributed by atoms with van der Waals surface area (Å²) in [5, 5.41) is 4.58. The second-order valence-electron chi connectivity index (χ2n) is 7.06. The van der Waals surface area contributed by atoms with E-state index in [2.05, 4.69) is 10.6 Å². The number of ether oxygens (including phenoxy) is 1. The number of nitrogens with one attached hydrogen (secondary N) is 2. The molecule has 9 nitrogen and oxygen atoms in total. The number of sulfonamides is 1. The number of carbonyl (C=O) groups excluding carboxylic acids is 3. The second-order valence-corrected chi connectivity index (χ2v) is 9.40. The van der Waals surface area contributed by atoms with E-state index in [-0.39, 0.29) is 28.6 Å². The van der Waals surface area contributed by atoms with Crippen LogP contribution in [0.15, 0.2) is 41.3 Å². The zero-order chi connectivity index (χ0) is 24.8. The van der Waals surface area contributed by atoms with Crippen LogP contribution in [0.25, 0.3) is 0 Å². The molecule has 0 heterocycles. The summed E-state index contributed by atoms with van der Waals surface area (Å²) < 4.78 is 31.5. The van der Waals surface area contributed by atoms with Crippen LogP contribution in [-0.2, 0) is 19.6 Å². The van der Waals surface area contributed by atoms with Crippen LogP contribution in [0, 0.1) is 13.8 Å². The molecule has 2 rings (SSSR count). The third-order valence-corrected chi connectivity index (χ3v) is 7.32. The Morgan fingerprint density at radius 3 is 2.36 bits per heavy atom. The number of aryl methyl sites for hydroxylation is 1. The maximum Gasteiger partial charge on any atom is 0.340 e. The highest BCUT2D eigenvalue weighted by Gasteiger charge is 2.24. The summed E-state index contributed by atoms with van der Waals surface area (Å²) in [6, 6.07) is 8.21. The predicted octanol–water partition coefficient (Wildman–Crippen LogP) is 3.49. The van der Waals surface area contributed by atoms with E-state index in [1.54, 1.807) is 26.0 Å². The Morgan fingerprint density at radius 1 is 1.06 bits per heavy atom. The van der Waals surface area contributed by atoms with Gasteiger partial charge in [-0.1, -0.05) is 37.6 Å². The van der Waals surface area contributed by atoms with Crippen LogP contribution in [0.1, 0.15) is 35.3 Å². The molecular weight excluding hydrogens is 470 g/mol. The van der Waals surface area contributed by atoms with E-state index in [4.69, 9.17) is 16.3 Å². The summed E-state index contributed by atoms with van der Waals surface area (Å²) in [6.07, 6.45) is 0. The number of halogens is 1. The SMILES string of the molecule is CCN(CC)S(=O)(=O)c1ccc(Cl)c(C(=O)OCC(=O)NC(=O)Nc2cccc(C)c2C)c1. The average Bonchev–Trinajstić information content (AvgIpc) is 2.76. The Labute approximate surface area is 198 Å². The number of rotatable bonds is 8. The van der Waals surface area contributed by atoms with Gasteiger partial charge in [0, 0.05) is 18.8 Å². The van der Waals surface area contributed by atoms with Gasteiger partial charge in [0.05, 0.1) is 15.5 Å². The van der Waals surface area contributed by atoms with Gasteiger partial charge in [0.1, 0.15) is 0 Å². The van der Waals surface area contributed by atoms with Crippen LogP contribution >= 0.6 is 11.6 Å². The van der Waals surface area contributed by atoms with Crippen molar-refractivity contribution in [2.45, 2.75) is 32.6 Å². The molecule has 2 aromatic carbocycles. The molecule has 0 fully saturated rings. The van der Waals surface area contributed by atoms with Crippen molar-refractivity contribution >= 4 is 45.2 Å². The first-order chi connectivity index (χ1) is 15.5. The summed E-state index contributed by atoms with van der Waals surface area (Å²) in [5.74, 6) is -1.86. The number of benzene rings is 2. The first-order valence-corrected chi connectivity index (χ1v) is 12.0. The summed E-state index contributed by atoms with van der Waals surface area (Å²) in [4.78, 5) is 36.4. The molecule has 0 aliphatic carbocycles. The molecule has 0 saturated heterocycles. The molecule has 0 saturated carbocycles. The van der Waals surface area contributed by atoms with Gasteiger partial charge in [-0.2, -0.15) is 4.31 Å². The zero-order valence-corrected chi connectivity index (χ0v) is 20.3. The smallest absolute Gasteiger partial charge is 0.340 e. The van der Waals surface area contributed by atoms with Crippen molar-refractivity contribution < 1.29 is 27.5 Å². The van der Waals surface area contributed by atoms with E-state index in [1.807, 2.05) is 19.9 Å². The topological polar surface area (TPSA) is 122 Å². The van der Waals surface area contributed by atoms with E-state index in [0.717, 1.165) is 17.2 Å². The number of esters is 1. The fourth-order valence-corrected chi connectivity index (χ4v) is 4.62. The summed E-state index contributed by atoms with van der Waals surface area (Å²) in [5.41, 5.74) is 2.14. The first-order valence-electron chi connectivity index (χ1n) is 10.1. The summed E-state index contributed by atoms with van der Waals surface area (Å²) in [6.45, 7) is 6.85. The first kappa shape index (κ1) is 26.3. The lowest BCUT2D eigenvalue weighted by atomic mass is 10.1. The highest BCUT2D eigenvalue weighted by Crippen LogP contribution is 2.24. The third kappa shape index (κ3) is 6.53. The van der Waals surface area contributed by atoms with Gasteiger partial charge in [0.25, 0.3) is 5.91 Å². The molecule has 3 amide bonds. The fraction of sp³-hybridized carbons (Fsp3) is 0.318. The minimum Gasteiger partial charge on any atom is -0.452 e. The van der Waals surface area contributed by atoms with Gasteiger partial charge >= 0.3 is 12.0 Å². The largest absolute Gasteiger partial charge is 0.452 e. The van der Waals surface area contributed by atoms with Gasteiger partial charge in [-0.25, -0.2) is 18.0 Å². The lowest BCUT2D eigenvalue weighted by Gasteiger charge is -2.19. The molecule has 2 aromatic rings. The minimum atomic E-state index is -3.82. The average molecular weight is 496 g/mol. The van der Waals surface area contributed by atoms with E-state index in [0.29, 0.717) is 5.69 Å².